The van der Waals surface area contributed by atoms with E-state index in [0.717, 1.165) is 10.6 Å². The van der Waals surface area contributed by atoms with Crippen LogP contribution in [0.5, 0.6) is 0 Å². The van der Waals surface area contributed by atoms with Gasteiger partial charge in [0.15, 0.2) is 0 Å². The van der Waals surface area contributed by atoms with Gasteiger partial charge in [0.05, 0.1) is 5.60 Å². The lowest BCUT2D eigenvalue weighted by Crippen LogP contribution is -2.33. The van der Waals surface area contributed by atoms with Gasteiger partial charge in [-0.15, -0.1) is 11.8 Å². The molecular formula is C12H19NOS. The van der Waals surface area contributed by atoms with Crippen molar-refractivity contribution in [3.63, 3.8) is 0 Å². The van der Waals surface area contributed by atoms with E-state index in [1.165, 1.54) is 0 Å². The Bertz CT molecular complexity index is 323. The third-order valence-electron chi connectivity index (χ3n) is 2.68. The van der Waals surface area contributed by atoms with E-state index in [2.05, 4.69) is 0 Å². The lowest BCUT2D eigenvalue weighted by molar-refractivity contribution is 0.0376. The van der Waals surface area contributed by atoms with Crippen LogP contribution in [0.15, 0.2) is 29.2 Å². The number of para-hydroxylation sites is 1. The van der Waals surface area contributed by atoms with E-state index in [1.54, 1.807) is 11.8 Å². The molecule has 0 saturated heterocycles. The first-order valence-electron chi connectivity index (χ1n) is 5.13. The van der Waals surface area contributed by atoms with Gasteiger partial charge in [-0.25, -0.2) is 0 Å². The maximum atomic E-state index is 10.1. The average molecular weight is 225 g/mol. The Balaban J connectivity index is 2.62. The summed E-state index contributed by atoms with van der Waals surface area (Å²) in [6.45, 7) is 5.91. The zero-order valence-electron chi connectivity index (χ0n) is 9.53. The molecule has 0 aliphatic heterocycles. The molecule has 1 unspecified atom stereocenters. The fourth-order valence-corrected chi connectivity index (χ4v) is 2.19. The SMILES string of the molecule is CC(C)C(C)(O)CSc1ccccc1N. The third kappa shape index (κ3) is 3.43. The van der Waals surface area contributed by atoms with E-state index in [9.17, 15) is 5.11 Å². The van der Waals surface area contributed by atoms with Crippen molar-refractivity contribution >= 4 is 17.4 Å². The van der Waals surface area contributed by atoms with Gasteiger partial charge in [-0.3, -0.25) is 0 Å². The molecule has 1 rings (SSSR count). The quantitative estimate of drug-likeness (QED) is 0.612. The minimum Gasteiger partial charge on any atom is -0.398 e. The van der Waals surface area contributed by atoms with Crippen molar-refractivity contribution in [1.82, 2.24) is 0 Å². The van der Waals surface area contributed by atoms with E-state index < -0.39 is 5.60 Å². The van der Waals surface area contributed by atoms with Gasteiger partial charge in [0.1, 0.15) is 0 Å². The maximum Gasteiger partial charge on any atom is 0.0736 e. The summed E-state index contributed by atoms with van der Waals surface area (Å²) in [5.74, 6) is 0.911. The topological polar surface area (TPSA) is 46.2 Å². The van der Waals surface area contributed by atoms with Gasteiger partial charge in [0, 0.05) is 16.3 Å². The van der Waals surface area contributed by atoms with Crippen LogP contribution in [0.2, 0.25) is 0 Å². The van der Waals surface area contributed by atoms with Crippen LogP contribution in [-0.2, 0) is 0 Å². The van der Waals surface area contributed by atoms with Crippen molar-refractivity contribution in [3.8, 4) is 0 Å². The summed E-state index contributed by atoms with van der Waals surface area (Å²) in [6.07, 6.45) is 0. The van der Waals surface area contributed by atoms with Crippen LogP contribution in [0.25, 0.3) is 0 Å². The summed E-state index contributed by atoms with van der Waals surface area (Å²) in [5, 5.41) is 10.1. The summed E-state index contributed by atoms with van der Waals surface area (Å²) in [5.41, 5.74) is 5.96. The summed E-state index contributed by atoms with van der Waals surface area (Å²) < 4.78 is 0. The van der Waals surface area contributed by atoms with Crippen LogP contribution in [-0.4, -0.2) is 16.5 Å². The molecule has 0 aliphatic rings. The normalized spacial score (nSPS) is 15.3. The van der Waals surface area contributed by atoms with E-state index in [1.807, 2.05) is 45.0 Å². The predicted molar refractivity (Wildman–Crippen MR) is 67.0 cm³/mol. The molecule has 0 amide bonds. The van der Waals surface area contributed by atoms with Crippen molar-refractivity contribution in [2.75, 3.05) is 11.5 Å². The number of aliphatic hydroxyl groups is 1. The number of benzene rings is 1. The zero-order chi connectivity index (χ0) is 11.5. The lowest BCUT2D eigenvalue weighted by atomic mass is 9.95. The number of nitrogens with two attached hydrogens (primary N) is 1. The lowest BCUT2D eigenvalue weighted by Gasteiger charge is -2.27. The second-order valence-electron chi connectivity index (χ2n) is 4.34. The first kappa shape index (κ1) is 12.4. The number of anilines is 1. The molecule has 84 valence electrons. The van der Waals surface area contributed by atoms with Gasteiger partial charge in [0.25, 0.3) is 0 Å². The van der Waals surface area contributed by atoms with E-state index >= 15 is 0 Å². The third-order valence-corrected chi connectivity index (χ3v) is 4.09. The van der Waals surface area contributed by atoms with Gasteiger partial charge in [-0.05, 0) is 25.0 Å². The average Bonchev–Trinajstić information content (AvgIpc) is 2.16. The van der Waals surface area contributed by atoms with Crippen LogP contribution in [0.1, 0.15) is 20.8 Å². The van der Waals surface area contributed by atoms with Crippen molar-refractivity contribution in [2.45, 2.75) is 31.3 Å². The molecule has 0 aliphatic carbocycles. The van der Waals surface area contributed by atoms with Crippen molar-refractivity contribution in [1.29, 1.82) is 0 Å². The molecule has 0 aromatic heterocycles. The zero-order valence-corrected chi connectivity index (χ0v) is 10.3. The number of hydrogen-bond donors (Lipinski definition) is 2. The van der Waals surface area contributed by atoms with Crippen LogP contribution in [0.4, 0.5) is 5.69 Å². The second-order valence-corrected chi connectivity index (χ2v) is 5.36. The van der Waals surface area contributed by atoms with Crippen LogP contribution >= 0.6 is 11.8 Å². The summed E-state index contributed by atoms with van der Waals surface area (Å²) in [6, 6.07) is 7.74. The second kappa shape index (κ2) is 4.90. The van der Waals surface area contributed by atoms with Gasteiger partial charge in [-0.2, -0.15) is 0 Å². The molecule has 0 heterocycles. The van der Waals surface area contributed by atoms with Crippen molar-refractivity contribution in [3.05, 3.63) is 24.3 Å². The fourth-order valence-electron chi connectivity index (χ4n) is 1.00. The Hall–Kier alpha value is -0.670. The molecule has 2 nitrogen and oxygen atoms in total. The Kier molecular flexibility index (Phi) is 4.05. The highest BCUT2D eigenvalue weighted by Gasteiger charge is 2.24. The number of thioether (sulfide) groups is 1. The molecule has 1 atom stereocenters. The van der Waals surface area contributed by atoms with Crippen LogP contribution < -0.4 is 5.73 Å². The van der Waals surface area contributed by atoms with Gasteiger partial charge in [-0.1, -0.05) is 26.0 Å². The fraction of sp³-hybridized carbons (Fsp3) is 0.500. The molecule has 15 heavy (non-hydrogen) atoms. The number of rotatable bonds is 4. The molecule has 0 fully saturated rings. The molecule has 0 radical (unpaired) electrons. The Labute approximate surface area is 95.9 Å². The van der Waals surface area contributed by atoms with Gasteiger partial charge >= 0.3 is 0 Å². The monoisotopic (exact) mass is 225 g/mol. The summed E-state index contributed by atoms with van der Waals surface area (Å²) in [7, 11) is 0. The molecule has 0 spiro atoms. The minimum absolute atomic E-state index is 0.245. The standard InChI is InChI=1S/C12H19NOS/c1-9(2)12(3,14)8-15-11-7-5-4-6-10(11)13/h4-7,9,14H,8,13H2,1-3H3. The molecular weight excluding hydrogens is 206 g/mol. The number of hydrogen-bond acceptors (Lipinski definition) is 3. The Morgan fingerprint density at radius 1 is 1.40 bits per heavy atom. The highest BCUT2D eigenvalue weighted by Crippen LogP contribution is 2.30. The highest BCUT2D eigenvalue weighted by atomic mass is 32.2. The smallest absolute Gasteiger partial charge is 0.0736 e. The van der Waals surface area contributed by atoms with Gasteiger partial charge in [0.2, 0.25) is 0 Å². The molecule has 0 saturated carbocycles. The maximum absolute atomic E-state index is 10.1. The molecule has 1 aromatic carbocycles. The van der Waals surface area contributed by atoms with Gasteiger partial charge < -0.3 is 10.8 Å². The Morgan fingerprint density at radius 2 is 2.00 bits per heavy atom. The molecule has 3 N–H and O–H groups in total. The molecule has 1 aromatic rings. The first-order valence-corrected chi connectivity index (χ1v) is 6.11. The first-order chi connectivity index (χ1) is 6.93. The van der Waals surface area contributed by atoms with E-state index in [0.29, 0.717) is 5.75 Å². The van der Waals surface area contributed by atoms with Crippen molar-refractivity contribution in [2.24, 2.45) is 5.92 Å². The largest absolute Gasteiger partial charge is 0.398 e. The summed E-state index contributed by atoms with van der Waals surface area (Å²) in [4.78, 5) is 1.04. The molecule has 0 bridgehead atoms. The minimum atomic E-state index is -0.646. The molecule has 3 heteroatoms. The number of nitrogen functional groups attached to an aromatic ring is 1. The predicted octanol–water partition coefficient (Wildman–Crippen LogP) is 2.77. The Morgan fingerprint density at radius 3 is 2.53 bits per heavy atom. The summed E-state index contributed by atoms with van der Waals surface area (Å²) >= 11 is 1.61. The van der Waals surface area contributed by atoms with E-state index in [4.69, 9.17) is 5.73 Å². The van der Waals surface area contributed by atoms with Crippen LogP contribution in [0, 0.1) is 5.92 Å². The van der Waals surface area contributed by atoms with Crippen LogP contribution in [0.3, 0.4) is 0 Å². The van der Waals surface area contributed by atoms with E-state index in [-0.39, 0.29) is 5.92 Å². The highest BCUT2D eigenvalue weighted by molar-refractivity contribution is 7.99. The van der Waals surface area contributed by atoms with Crippen molar-refractivity contribution < 1.29 is 5.11 Å².